The third kappa shape index (κ3) is 1.54. The van der Waals surface area contributed by atoms with E-state index in [1.165, 1.54) is 18.5 Å². The maximum atomic E-state index is 10.7. The van der Waals surface area contributed by atoms with Crippen molar-refractivity contribution in [1.29, 1.82) is 0 Å². The minimum atomic E-state index is -0.753. The summed E-state index contributed by atoms with van der Waals surface area (Å²) in [6, 6.07) is 2.13. The maximum Gasteiger partial charge on any atom is 0.309 e. The molecule has 0 radical (unpaired) electrons. The summed E-state index contributed by atoms with van der Waals surface area (Å²) in [5.74, 6) is -0.0714. The van der Waals surface area contributed by atoms with Gasteiger partial charge in [0, 0.05) is 18.4 Å². The van der Waals surface area contributed by atoms with Crippen LogP contribution in [-0.4, -0.2) is 15.6 Å². The molecule has 0 aromatic carbocycles. The van der Waals surface area contributed by atoms with Gasteiger partial charge >= 0.3 is 5.97 Å². The topological polar surface area (TPSA) is 42.2 Å². The van der Waals surface area contributed by atoms with Gasteiger partial charge in [0.2, 0.25) is 0 Å². The predicted octanol–water partition coefficient (Wildman–Crippen LogP) is 1.84. The van der Waals surface area contributed by atoms with Gasteiger partial charge in [0.05, 0.1) is 6.42 Å². The van der Waals surface area contributed by atoms with Crippen LogP contribution in [-0.2, 0) is 18.3 Å². The first-order valence-corrected chi connectivity index (χ1v) is 4.96. The van der Waals surface area contributed by atoms with Crippen molar-refractivity contribution in [3.63, 3.8) is 0 Å². The summed E-state index contributed by atoms with van der Waals surface area (Å²) in [6.07, 6.45) is 2.64. The van der Waals surface area contributed by atoms with E-state index in [0.29, 0.717) is 5.92 Å². The molecule has 1 aliphatic rings. The lowest BCUT2D eigenvalue weighted by atomic mass is 10.2. The quantitative estimate of drug-likeness (QED) is 0.795. The van der Waals surface area contributed by atoms with E-state index in [-0.39, 0.29) is 6.42 Å². The third-order valence-electron chi connectivity index (χ3n) is 2.93. The van der Waals surface area contributed by atoms with Crippen molar-refractivity contribution in [2.45, 2.75) is 32.1 Å². The number of aromatic nitrogens is 1. The standard InChI is InChI=1S/C11H15NO2/c1-7-5-10(8-3-4-8)12(2)9(7)6-11(13)14/h5,8H,3-4,6H2,1-2H3,(H,13,14). The molecule has 0 amide bonds. The lowest BCUT2D eigenvalue weighted by molar-refractivity contribution is -0.136. The van der Waals surface area contributed by atoms with Gasteiger partial charge in [-0.15, -0.1) is 0 Å². The summed E-state index contributed by atoms with van der Waals surface area (Å²) in [4.78, 5) is 10.7. The summed E-state index contributed by atoms with van der Waals surface area (Å²) in [5.41, 5.74) is 3.36. The molecule has 0 saturated heterocycles. The van der Waals surface area contributed by atoms with Crippen LogP contribution in [0.5, 0.6) is 0 Å². The molecule has 76 valence electrons. The highest BCUT2D eigenvalue weighted by Gasteiger charge is 2.27. The minimum absolute atomic E-state index is 0.134. The lowest BCUT2D eigenvalue weighted by Gasteiger charge is -2.05. The van der Waals surface area contributed by atoms with Crippen LogP contribution in [0.25, 0.3) is 0 Å². The Morgan fingerprint density at radius 2 is 2.29 bits per heavy atom. The van der Waals surface area contributed by atoms with Crippen LogP contribution in [0.15, 0.2) is 6.07 Å². The maximum absolute atomic E-state index is 10.7. The van der Waals surface area contributed by atoms with Crippen molar-refractivity contribution in [3.05, 3.63) is 23.0 Å². The SMILES string of the molecule is Cc1cc(C2CC2)n(C)c1CC(=O)O. The highest BCUT2D eigenvalue weighted by molar-refractivity contribution is 5.70. The molecule has 1 aromatic rings. The van der Waals surface area contributed by atoms with E-state index in [9.17, 15) is 4.79 Å². The molecular weight excluding hydrogens is 178 g/mol. The molecule has 1 saturated carbocycles. The Kier molecular flexibility index (Phi) is 2.10. The number of hydrogen-bond donors (Lipinski definition) is 1. The Hall–Kier alpha value is -1.25. The average molecular weight is 193 g/mol. The van der Waals surface area contributed by atoms with Crippen LogP contribution >= 0.6 is 0 Å². The van der Waals surface area contributed by atoms with Gasteiger partial charge in [-0.05, 0) is 37.3 Å². The smallest absolute Gasteiger partial charge is 0.309 e. The number of carboxylic acid groups (broad SMARTS) is 1. The highest BCUT2D eigenvalue weighted by atomic mass is 16.4. The molecule has 1 N–H and O–H groups in total. The molecule has 1 aliphatic carbocycles. The molecular formula is C11H15NO2. The fraction of sp³-hybridized carbons (Fsp3) is 0.545. The van der Waals surface area contributed by atoms with Crippen molar-refractivity contribution in [1.82, 2.24) is 4.57 Å². The number of nitrogens with zero attached hydrogens (tertiary/aromatic N) is 1. The minimum Gasteiger partial charge on any atom is -0.481 e. The van der Waals surface area contributed by atoms with Crippen LogP contribution in [0.3, 0.4) is 0 Å². The Morgan fingerprint density at radius 3 is 2.79 bits per heavy atom. The number of rotatable bonds is 3. The zero-order valence-electron chi connectivity index (χ0n) is 8.58. The number of carbonyl (C=O) groups is 1. The zero-order valence-corrected chi connectivity index (χ0v) is 8.58. The predicted molar refractivity (Wildman–Crippen MR) is 53.5 cm³/mol. The van der Waals surface area contributed by atoms with Gasteiger partial charge in [0.15, 0.2) is 0 Å². The van der Waals surface area contributed by atoms with Gasteiger partial charge in [0.1, 0.15) is 0 Å². The second-order valence-electron chi connectivity index (χ2n) is 4.10. The Balaban J connectivity index is 2.33. The first-order chi connectivity index (χ1) is 6.59. The molecule has 0 unspecified atom stereocenters. The summed E-state index contributed by atoms with van der Waals surface area (Å²) in [6.45, 7) is 1.99. The number of aryl methyl sites for hydroxylation is 1. The van der Waals surface area contributed by atoms with E-state index >= 15 is 0 Å². The van der Waals surface area contributed by atoms with Crippen LogP contribution in [0.4, 0.5) is 0 Å². The number of aliphatic carboxylic acids is 1. The zero-order chi connectivity index (χ0) is 10.3. The highest BCUT2D eigenvalue weighted by Crippen LogP contribution is 2.41. The third-order valence-corrected chi connectivity index (χ3v) is 2.93. The Bertz CT molecular complexity index is 375. The summed E-state index contributed by atoms with van der Waals surface area (Å²) in [5, 5.41) is 8.77. The summed E-state index contributed by atoms with van der Waals surface area (Å²) < 4.78 is 2.06. The molecule has 3 nitrogen and oxygen atoms in total. The van der Waals surface area contributed by atoms with Crippen molar-refractivity contribution >= 4 is 5.97 Å². The van der Waals surface area contributed by atoms with Gasteiger partial charge in [-0.25, -0.2) is 0 Å². The van der Waals surface area contributed by atoms with Gasteiger partial charge in [0.25, 0.3) is 0 Å². The van der Waals surface area contributed by atoms with Gasteiger partial charge < -0.3 is 9.67 Å². The molecule has 1 aromatic heterocycles. The normalized spacial score (nSPS) is 15.9. The summed E-state index contributed by atoms with van der Waals surface area (Å²) in [7, 11) is 1.97. The van der Waals surface area contributed by atoms with E-state index in [4.69, 9.17) is 5.11 Å². The number of hydrogen-bond acceptors (Lipinski definition) is 1. The second kappa shape index (κ2) is 3.15. The summed E-state index contributed by atoms with van der Waals surface area (Å²) >= 11 is 0. The van der Waals surface area contributed by atoms with Crippen molar-refractivity contribution in [2.75, 3.05) is 0 Å². The molecule has 1 fully saturated rings. The average Bonchev–Trinajstić information content (AvgIpc) is 2.88. The van der Waals surface area contributed by atoms with Crippen LogP contribution in [0.1, 0.15) is 35.7 Å². The molecule has 1 heterocycles. The Morgan fingerprint density at radius 1 is 1.64 bits per heavy atom. The van der Waals surface area contributed by atoms with E-state index in [0.717, 1.165) is 11.3 Å². The second-order valence-corrected chi connectivity index (χ2v) is 4.10. The van der Waals surface area contributed by atoms with Crippen LogP contribution in [0, 0.1) is 6.92 Å². The fourth-order valence-electron chi connectivity index (χ4n) is 1.99. The van der Waals surface area contributed by atoms with E-state index in [1.54, 1.807) is 0 Å². The van der Waals surface area contributed by atoms with Gasteiger partial charge in [-0.2, -0.15) is 0 Å². The van der Waals surface area contributed by atoms with Crippen LogP contribution < -0.4 is 0 Å². The molecule has 3 heteroatoms. The lowest BCUT2D eigenvalue weighted by Crippen LogP contribution is -2.07. The van der Waals surface area contributed by atoms with Crippen LogP contribution in [0.2, 0.25) is 0 Å². The number of carboxylic acids is 1. The van der Waals surface area contributed by atoms with E-state index in [2.05, 4.69) is 10.6 Å². The van der Waals surface area contributed by atoms with E-state index < -0.39 is 5.97 Å². The molecule has 0 aliphatic heterocycles. The van der Waals surface area contributed by atoms with Gasteiger partial charge in [-0.1, -0.05) is 0 Å². The molecule has 14 heavy (non-hydrogen) atoms. The van der Waals surface area contributed by atoms with Gasteiger partial charge in [-0.3, -0.25) is 4.79 Å². The first-order valence-electron chi connectivity index (χ1n) is 4.96. The van der Waals surface area contributed by atoms with E-state index in [1.807, 2.05) is 14.0 Å². The monoisotopic (exact) mass is 193 g/mol. The van der Waals surface area contributed by atoms with Crippen molar-refractivity contribution in [2.24, 2.45) is 7.05 Å². The Labute approximate surface area is 83.4 Å². The molecule has 0 spiro atoms. The largest absolute Gasteiger partial charge is 0.481 e. The fourth-order valence-corrected chi connectivity index (χ4v) is 1.99. The first kappa shape index (κ1) is 9.31. The molecule has 2 rings (SSSR count). The molecule has 0 bridgehead atoms. The molecule has 0 atom stereocenters. The van der Waals surface area contributed by atoms with Crippen molar-refractivity contribution < 1.29 is 9.90 Å². The van der Waals surface area contributed by atoms with Crippen molar-refractivity contribution in [3.8, 4) is 0 Å².